The maximum absolute atomic E-state index is 12.3. The summed E-state index contributed by atoms with van der Waals surface area (Å²) < 4.78 is 11.0. The molecule has 1 aromatic carbocycles. The number of unbranched alkanes of at least 4 members (excludes halogenated alkanes) is 2. The maximum Gasteiger partial charge on any atom is 0.350 e. The molecule has 0 spiro atoms. The molecule has 148 valence electrons. The van der Waals surface area contributed by atoms with Gasteiger partial charge in [0.05, 0.1) is 24.5 Å². The molecule has 0 saturated heterocycles. The van der Waals surface area contributed by atoms with Gasteiger partial charge in [0.15, 0.2) is 0 Å². The van der Waals surface area contributed by atoms with Gasteiger partial charge in [-0.05, 0) is 43.9 Å². The Kier molecular flexibility index (Phi) is 8.15. The van der Waals surface area contributed by atoms with Crippen molar-refractivity contribution < 1.29 is 19.1 Å². The molecule has 0 unspecified atom stereocenters. The van der Waals surface area contributed by atoms with Crippen LogP contribution in [-0.4, -0.2) is 30.5 Å². The first kappa shape index (κ1) is 21.6. The van der Waals surface area contributed by atoms with Crippen molar-refractivity contribution in [3.05, 3.63) is 34.3 Å². The molecule has 0 bridgehead atoms. The summed E-state index contributed by atoms with van der Waals surface area (Å²) in [4.78, 5) is 27.5. The zero-order chi connectivity index (χ0) is 20.5. The molecule has 28 heavy (non-hydrogen) atoms. The third-order valence-electron chi connectivity index (χ3n) is 3.85. The minimum atomic E-state index is -0.412. The fourth-order valence-corrected chi connectivity index (χ4v) is 3.36. The lowest BCUT2D eigenvalue weighted by molar-refractivity contribution is -0.107. The van der Waals surface area contributed by atoms with E-state index in [1.807, 2.05) is 19.9 Å². The predicted octanol–water partition coefficient (Wildman–Crippen LogP) is 4.55. The fraction of sp³-hybridized carbons (Fsp3) is 0.429. The van der Waals surface area contributed by atoms with Crippen molar-refractivity contribution in [1.82, 2.24) is 4.98 Å². The summed E-state index contributed by atoms with van der Waals surface area (Å²) in [5.41, 5.74) is 1.79. The second-order valence-corrected chi connectivity index (χ2v) is 7.76. The van der Waals surface area contributed by atoms with E-state index in [-0.39, 0.29) is 6.61 Å². The Morgan fingerprint density at radius 1 is 1.36 bits per heavy atom. The average Bonchev–Trinajstić information content (AvgIpc) is 3.07. The number of rotatable bonds is 10. The monoisotopic (exact) mass is 400 g/mol. The Hall–Kier alpha value is -2.72. The standard InChI is InChI=1S/C21H24N2O4S/c1-14(2)13-27-18-8-7-16(11-17(18)12-22)20-23-15(3)19(28-20)21(25)26-10-6-4-5-9-24/h7-9,11,14H,4-6,10,13H2,1-3H3. The SMILES string of the molecule is Cc1nc(-c2ccc(OCC(C)C)c(C#N)c2)sc1C(=O)OCCCCC=O. The van der Waals surface area contributed by atoms with Crippen LogP contribution < -0.4 is 4.74 Å². The van der Waals surface area contributed by atoms with E-state index in [2.05, 4.69) is 11.1 Å². The largest absolute Gasteiger partial charge is 0.492 e. The molecule has 0 aliphatic carbocycles. The van der Waals surface area contributed by atoms with Crippen molar-refractivity contribution in [2.24, 2.45) is 5.92 Å². The molecular weight excluding hydrogens is 376 g/mol. The molecule has 0 aliphatic heterocycles. The zero-order valence-electron chi connectivity index (χ0n) is 16.4. The third kappa shape index (κ3) is 5.89. The van der Waals surface area contributed by atoms with E-state index in [0.29, 0.717) is 58.7 Å². The summed E-state index contributed by atoms with van der Waals surface area (Å²) in [5.74, 6) is 0.493. The summed E-state index contributed by atoms with van der Waals surface area (Å²) in [6.07, 6.45) is 2.68. The number of aryl methyl sites for hydroxylation is 1. The summed E-state index contributed by atoms with van der Waals surface area (Å²) in [5, 5.41) is 10.1. The van der Waals surface area contributed by atoms with Gasteiger partial charge in [0.1, 0.15) is 28.0 Å². The van der Waals surface area contributed by atoms with Crippen molar-refractivity contribution >= 4 is 23.6 Å². The van der Waals surface area contributed by atoms with Gasteiger partial charge in [-0.25, -0.2) is 9.78 Å². The lowest BCUT2D eigenvalue weighted by atomic mass is 10.1. The van der Waals surface area contributed by atoms with E-state index in [0.717, 1.165) is 11.8 Å². The Morgan fingerprint density at radius 3 is 2.82 bits per heavy atom. The Morgan fingerprint density at radius 2 is 2.14 bits per heavy atom. The van der Waals surface area contributed by atoms with Crippen LogP contribution >= 0.6 is 11.3 Å². The number of hydrogen-bond acceptors (Lipinski definition) is 7. The molecule has 0 aliphatic rings. The van der Waals surface area contributed by atoms with Gasteiger partial charge >= 0.3 is 5.97 Å². The lowest BCUT2D eigenvalue weighted by Crippen LogP contribution is -2.06. The van der Waals surface area contributed by atoms with E-state index in [4.69, 9.17) is 9.47 Å². The van der Waals surface area contributed by atoms with Gasteiger partial charge in [-0.1, -0.05) is 13.8 Å². The number of ether oxygens (including phenoxy) is 2. The summed E-state index contributed by atoms with van der Waals surface area (Å²) in [6, 6.07) is 7.48. The smallest absolute Gasteiger partial charge is 0.350 e. The fourth-order valence-electron chi connectivity index (χ4n) is 2.40. The van der Waals surface area contributed by atoms with Crippen molar-refractivity contribution in [2.45, 2.75) is 40.0 Å². The number of aromatic nitrogens is 1. The van der Waals surface area contributed by atoms with Gasteiger partial charge in [-0.15, -0.1) is 11.3 Å². The molecule has 0 N–H and O–H groups in total. The highest BCUT2D eigenvalue weighted by atomic mass is 32.1. The molecule has 0 saturated carbocycles. The minimum Gasteiger partial charge on any atom is -0.492 e. The van der Waals surface area contributed by atoms with Crippen molar-refractivity contribution in [3.8, 4) is 22.4 Å². The van der Waals surface area contributed by atoms with Crippen molar-refractivity contribution in [1.29, 1.82) is 5.26 Å². The molecule has 0 atom stereocenters. The molecule has 0 amide bonds. The Balaban J connectivity index is 2.12. The van der Waals surface area contributed by atoms with E-state index in [1.54, 1.807) is 19.1 Å². The van der Waals surface area contributed by atoms with Gasteiger partial charge in [0.2, 0.25) is 0 Å². The second kappa shape index (κ2) is 10.6. The second-order valence-electron chi connectivity index (χ2n) is 6.76. The molecule has 2 rings (SSSR count). The number of esters is 1. The Bertz CT molecular complexity index is 868. The van der Waals surface area contributed by atoms with Crippen molar-refractivity contribution in [3.63, 3.8) is 0 Å². The van der Waals surface area contributed by atoms with Crippen LogP contribution in [0.5, 0.6) is 5.75 Å². The van der Waals surface area contributed by atoms with E-state index >= 15 is 0 Å². The van der Waals surface area contributed by atoms with Crippen molar-refractivity contribution in [2.75, 3.05) is 13.2 Å². The first-order valence-corrected chi connectivity index (χ1v) is 10.0. The van der Waals surface area contributed by atoms with Gasteiger partial charge in [-0.3, -0.25) is 0 Å². The highest BCUT2D eigenvalue weighted by Crippen LogP contribution is 2.31. The normalized spacial score (nSPS) is 10.5. The number of nitriles is 1. The number of nitrogens with zero attached hydrogens (tertiary/aromatic N) is 2. The number of thiazole rings is 1. The minimum absolute atomic E-state index is 0.278. The molecule has 0 radical (unpaired) electrons. The van der Waals surface area contributed by atoms with Gasteiger partial charge < -0.3 is 14.3 Å². The van der Waals surface area contributed by atoms with E-state index < -0.39 is 5.97 Å². The number of hydrogen-bond donors (Lipinski definition) is 0. The van der Waals surface area contributed by atoms with Crippen LogP contribution in [0.1, 0.15) is 54.0 Å². The van der Waals surface area contributed by atoms with Gasteiger partial charge in [-0.2, -0.15) is 5.26 Å². The summed E-state index contributed by atoms with van der Waals surface area (Å²) >= 11 is 1.24. The number of aldehydes is 1. The van der Waals surface area contributed by atoms with Crippen LogP contribution in [0.25, 0.3) is 10.6 Å². The summed E-state index contributed by atoms with van der Waals surface area (Å²) in [7, 11) is 0. The first-order valence-electron chi connectivity index (χ1n) is 9.21. The molecular formula is C21H24N2O4S. The van der Waals surface area contributed by atoms with Gasteiger partial charge in [0.25, 0.3) is 0 Å². The molecule has 7 heteroatoms. The number of carbonyl (C=O) groups is 2. The lowest BCUT2D eigenvalue weighted by Gasteiger charge is -2.10. The predicted molar refractivity (Wildman–Crippen MR) is 108 cm³/mol. The van der Waals surface area contributed by atoms with Crippen LogP contribution in [0.15, 0.2) is 18.2 Å². The topological polar surface area (TPSA) is 89.3 Å². The number of benzene rings is 1. The van der Waals surface area contributed by atoms with Crippen LogP contribution in [0.3, 0.4) is 0 Å². The molecule has 0 fully saturated rings. The zero-order valence-corrected chi connectivity index (χ0v) is 17.2. The van der Waals surface area contributed by atoms with E-state index in [1.165, 1.54) is 11.3 Å². The first-order chi connectivity index (χ1) is 13.5. The molecule has 2 aromatic rings. The number of carbonyl (C=O) groups excluding carboxylic acids is 2. The van der Waals surface area contributed by atoms with Crippen LogP contribution in [-0.2, 0) is 9.53 Å². The molecule has 1 heterocycles. The van der Waals surface area contributed by atoms with Crippen LogP contribution in [0, 0.1) is 24.2 Å². The quantitative estimate of drug-likeness (QED) is 0.330. The average molecular weight is 401 g/mol. The highest BCUT2D eigenvalue weighted by Gasteiger charge is 2.18. The Labute approximate surface area is 169 Å². The molecule has 6 nitrogen and oxygen atoms in total. The summed E-state index contributed by atoms with van der Waals surface area (Å²) in [6.45, 7) is 6.66. The van der Waals surface area contributed by atoms with E-state index in [9.17, 15) is 14.9 Å². The maximum atomic E-state index is 12.3. The third-order valence-corrected chi connectivity index (χ3v) is 5.04. The highest BCUT2D eigenvalue weighted by molar-refractivity contribution is 7.17. The van der Waals surface area contributed by atoms with Crippen LogP contribution in [0.2, 0.25) is 0 Å². The van der Waals surface area contributed by atoms with Gasteiger partial charge in [0, 0.05) is 12.0 Å². The van der Waals surface area contributed by atoms with Crippen LogP contribution in [0.4, 0.5) is 0 Å². The molecule has 1 aromatic heterocycles.